The molecule has 0 aliphatic carbocycles. The lowest BCUT2D eigenvalue weighted by atomic mass is 10.1. The first-order valence-electron chi connectivity index (χ1n) is 8.43. The molecule has 1 fully saturated rings. The second kappa shape index (κ2) is 7.79. The van der Waals surface area contributed by atoms with Crippen LogP contribution in [-0.2, 0) is 0 Å². The van der Waals surface area contributed by atoms with Gasteiger partial charge in [-0.3, -0.25) is 4.79 Å². The van der Waals surface area contributed by atoms with E-state index < -0.39 is 0 Å². The van der Waals surface area contributed by atoms with Crippen LogP contribution in [0.2, 0.25) is 0 Å². The van der Waals surface area contributed by atoms with Crippen molar-refractivity contribution in [3.63, 3.8) is 0 Å². The SMILES string of the molecule is COc1cccc(OC)c1C(=O)N1CCN(c2cccc(C#N)c2)CC1. The van der Waals surface area contributed by atoms with Gasteiger partial charge in [0.15, 0.2) is 0 Å². The molecule has 0 saturated carbocycles. The van der Waals surface area contributed by atoms with E-state index in [4.69, 9.17) is 14.7 Å². The van der Waals surface area contributed by atoms with Crippen molar-refractivity contribution in [1.82, 2.24) is 4.90 Å². The van der Waals surface area contributed by atoms with Crippen LogP contribution in [0.15, 0.2) is 42.5 Å². The number of piperazine rings is 1. The topological polar surface area (TPSA) is 65.8 Å². The lowest BCUT2D eigenvalue weighted by Gasteiger charge is -2.36. The van der Waals surface area contributed by atoms with Gasteiger partial charge in [-0.25, -0.2) is 0 Å². The predicted molar refractivity (Wildman–Crippen MR) is 98.8 cm³/mol. The highest BCUT2D eigenvalue weighted by molar-refractivity contribution is 5.99. The van der Waals surface area contributed by atoms with Gasteiger partial charge >= 0.3 is 0 Å². The predicted octanol–water partition coefficient (Wildman–Crippen LogP) is 2.54. The fraction of sp³-hybridized carbons (Fsp3) is 0.300. The third-order valence-electron chi connectivity index (χ3n) is 4.55. The summed E-state index contributed by atoms with van der Waals surface area (Å²) < 4.78 is 10.7. The average molecular weight is 351 g/mol. The van der Waals surface area contributed by atoms with E-state index in [1.165, 1.54) is 0 Å². The molecule has 0 radical (unpaired) electrons. The molecule has 0 unspecified atom stereocenters. The largest absolute Gasteiger partial charge is 0.496 e. The second-order valence-corrected chi connectivity index (χ2v) is 5.98. The summed E-state index contributed by atoms with van der Waals surface area (Å²) in [4.78, 5) is 17.0. The Morgan fingerprint density at radius 2 is 1.62 bits per heavy atom. The minimum atomic E-state index is -0.0928. The van der Waals surface area contributed by atoms with Gasteiger partial charge in [0.2, 0.25) is 0 Å². The minimum Gasteiger partial charge on any atom is -0.496 e. The van der Waals surface area contributed by atoms with Gasteiger partial charge in [-0.15, -0.1) is 0 Å². The molecule has 6 heteroatoms. The van der Waals surface area contributed by atoms with Gasteiger partial charge in [0.25, 0.3) is 5.91 Å². The first-order valence-corrected chi connectivity index (χ1v) is 8.43. The smallest absolute Gasteiger partial charge is 0.261 e. The van der Waals surface area contributed by atoms with Crippen LogP contribution in [0.25, 0.3) is 0 Å². The zero-order chi connectivity index (χ0) is 18.5. The van der Waals surface area contributed by atoms with Gasteiger partial charge in [0.1, 0.15) is 17.1 Å². The number of rotatable bonds is 4. The van der Waals surface area contributed by atoms with E-state index in [0.29, 0.717) is 48.8 Å². The third-order valence-corrected chi connectivity index (χ3v) is 4.55. The number of benzene rings is 2. The van der Waals surface area contributed by atoms with Crippen molar-refractivity contribution < 1.29 is 14.3 Å². The fourth-order valence-corrected chi connectivity index (χ4v) is 3.16. The van der Waals surface area contributed by atoms with Crippen molar-refractivity contribution in [3.05, 3.63) is 53.6 Å². The molecule has 0 bridgehead atoms. The highest BCUT2D eigenvalue weighted by Gasteiger charge is 2.27. The van der Waals surface area contributed by atoms with Gasteiger partial charge in [-0.2, -0.15) is 5.26 Å². The van der Waals surface area contributed by atoms with Crippen molar-refractivity contribution in [2.24, 2.45) is 0 Å². The number of ether oxygens (including phenoxy) is 2. The maximum absolute atomic E-state index is 13.0. The van der Waals surface area contributed by atoms with Gasteiger partial charge in [0.05, 0.1) is 25.9 Å². The average Bonchev–Trinajstić information content (AvgIpc) is 2.72. The molecule has 0 N–H and O–H groups in total. The van der Waals surface area contributed by atoms with E-state index in [1.807, 2.05) is 23.1 Å². The monoisotopic (exact) mass is 351 g/mol. The van der Waals surface area contributed by atoms with Crippen molar-refractivity contribution in [2.75, 3.05) is 45.3 Å². The zero-order valence-corrected chi connectivity index (χ0v) is 14.9. The number of nitrogens with zero attached hydrogens (tertiary/aromatic N) is 3. The Morgan fingerprint density at radius 3 is 2.19 bits per heavy atom. The summed E-state index contributed by atoms with van der Waals surface area (Å²) in [6.07, 6.45) is 0. The summed E-state index contributed by atoms with van der Waals surface area (Å²) in [6.45, 7) is 2.60. The highest BCUT2D eigenvalue weighted by atomic mass is 16.5. The van der Waals surface area contributed by atoms with Crippen LogP contribution in [0.4, 0.5) is 5.69 Å². The number of carbonyl (C=O) groups is 1. The summed E-state index contributed by atoms with van der Waals surface area (Å²) >= 11 is 0. The van der Waals surface area contributed by atoms with Crippen LogP contribution in [0.1, 0.15) is 15.9 Å². The summed E-state index contributed by atoms with van der Waals surface area (Å²) in [7, 11) is 3.09. The Bertz CT molecular complexity index is 814. The van der Waals surface area contributed by atoms with E-state index in [0.717, 1.165) is 5.69 Å². The summed E-state index contributed by atoms with van der Waals surface area (Å²) in [5.74, 6) is 0.932. The van der Waals surface area contributed by atoms with Gasteiger partial charge in [-0.1, -0.05) is 12.1 Å². The molecule has 0 aromatic heterocycles. The van der Waals surface area contributed by atoms with E-state index in [2.05, 4.69) is 11.0 Å². The first kappa shape index (κ1) is 17.6. The van der Waals surface area contributed by atoms with Crippen molar-refractivity contribution in [1.29, 1.82) is 5.26 Å². The fourth-order valence-electron chi connectivity index (χ4n) is 3.16. The molecular formula is C20H21N3O3. The van der Waals surface area contributed by atoms with E-state index in [-0.39, 0.29) is 5.91 Å². The number of hydrogen-bond acceptors (Lipinski definition) is 5. The van der Waals surface area contributed by atoms with Crippen LogP contribution in [0, 0.1) is 11.3 Å². The molecule has 0 atom stereocenters. The standard InChI is InChI=1S/C20H21N3O3/c1-25-17-7-4-8-18(26-2)19(17)20(24)23-11-9-22(10-12-23)16-6-3-5-15(13-16)14-21/h3-8,13H,9-12H2,1-2H3. The Morgan fingerprint density at radius 1 is 1.00 bits per heavy atom. The third kappa shape index (κ3) is 3.42. The number of nitriles is 1. The van der Waals surface area contributed by atoms with Crippen LogP contribution in [0.5, 0.6) is 11.5 Å². The number of amides is 1. The maximum Gasteiger partial charge on any atom is 0.261 e. The first-order chi connectivity index (χ1) is 12.7. The van der Waals surface area contributed by atoms with Crippen molar-refractivity contribution in [3.8, 4) is 17.6 Å². The van der Waals surface area contributed by atoms with Crippen LogP contribution < -0.4 is 14.4 Å². The minimum absolute atomic E-state index is 0.0928. The molecule has 2 aromatic carbocycles. The molecule has 0 spiro atoms. The van der Waals surface area contributed by atoms with Crippen molar-refractivity contribution >= 4 is 11.6 Å². The molecule has 6 nitrogen and oxygen atoms in total. The quantitative estimate of drug-likeness (QED) is 0.847. The molecule has 1 saturated heterocycles. The van der Waals surface area contributed by atoms with Crippen LogP contribution >= 0.6 is 0 Å². The normalized spacial score (nSPS) is 13.9. The number of carbonyl (C=O) groups excluding carboxylic acids is 1. The number of hydrogen-bond donors (Lipinski definition) is 0. The molecule has 3 rings (SSSR count). The highest BCUT2D eigenvalue weighted by Crippen LogP contribution is 2.30. The molecule has 26 heavy (non-hydrogen) atoms. The lowest BCUT2D eigenvalue weighted by molar-refractivity contribution is 0.0740. The van der Waals surface area contributed by atoms with Gasteiger partial charge in [0, 0.05) is 31.9 Å². The Labute approximate surface area is 153 Å². The maximum atomic E-state index is 13.0. The zero-order valence-electron chi connectivity index (χ0n) is 14.9. The van der Waals surface area contributed by atoms with Crippen LogP contribution in [0.3, 0.4) is 0 Å². The van der Waals surface area contributed by atoms with Gasteiger partial charge in [-0.05, 0) is 30.3 Å². The van der Waals surface area contributed by atoms with E-state index in [9.17, 15) is 4.79 Å². The van der Waals surface area contributed by atoms with Crippen LogP contribution in [-0.4, -0.2) is 51.2 Å². The molecule has 1 heterocycles. The molecule has 134 valence electrons. The van der Waals surface area contributed by atoms with Crippen molar-refractivity contribution in [2.45, 2.75) is 0 Å². The van der Waals surface area contributed by atoms with Gasteiger partial charge < -0.3 is 19.3 Å². The van der Waals surface area contributed by atoms with E-state index >= 15 is 0 Å². The molecular weight excluding hydrogens is 330 g/mol. The molecule has 1 aliphatic heterocycles. The Balaban J connectivity index is 1.74. The lowest BCUT2D eigenvalue weighted by Crippen LogP contribution is -2.49. The van der Waals surface area contributed by atoms with E-state index in [1.54, 1.807) is 38.5 Å². The molecule has 1 aliphatic rings. The summed E-state index contributed by atoms with van der Waals surface area (Å²) in [5.41, 5.74) is 2.10. The molecule has 2 aromatic rings. The summed E-state index contributed by atoms with van der Waals surface area (Å²) in [6, 6.07) is 15.0. The number of anilines is 1. The Hall–Kier alpha value is -3.20. The Kier molecular flexibility index (Phi) is 5.28. The summed E-state index contributed by atoms with van der Waals surface area (Å²) in [5, 5.41) is 9.05. The number of methoxy groups -OCH3 is 2. The molecule has 1 amide bonds. The second-order valence-electron chi connectivity index (χ2n) is 5.98.